The van der Waals surface area contributed by atoms with Crippen molar-refractivity contribution in [2.45, 2.75) is 32.4 Å². The van der Waals surface area contributed by atoms with E-state index in [4.69, 9.17) is 0 Å². The lowest BCUT2D eigenvalue weighted by Crippen LogP contribution is -2.28. The number of phenols is 1. The van der Waals surface area contributed by atoms with Crippen LogP contribution in [0.25, 0.3) is 0 Å². The summed E-state index contributed by atoms with van der Waals surface area (Å²) in [6, 6.07) is 6.69. The van der Waals surface area contributed by atoms with Gasteiger partial charge in [-0.25, -0.2) is 0 Å². The van der Waals surface area contributed by atoms with E-state index < -0.39 is 5.60 Å². The molecule has 0 bridgehead atoms. The first-order valence-electron chi connectivity index (χ1n) is 6.09. The van der Waals surface area contributed by atoms with E-state index >= 15 is 0 Å². The van der Waals surface area contributed by atoms with Crippen molar-refractivity contribution in [3.05, 3.63) is 46.2 Å². The van der Waals surface area contributed by atoms with Crippen molar-refractivity contribution in [2.24, 2.45) is 0 Å². The first-order valence-corrected chi connectivity index (χ1v) is 6.88. The zero-order valence-electron chi connectivity index (χ0n) is 11.1. The molecule has 0 radical (unpaired) electrons. The van der Waals surface area contributed by atoms with Crippen molar-refractivity contribution < 1.29 is 10.2 Å². The van der Waals surface area contributed by atoms with Crippen LogP contribution in [0.2, 0.25) is 0 Å². The van der Waals surface area contributed by atoms with E-state index in [9.17, 15) is 10.2 Å². The van der Waals surface area contributed by atoms with Gasteiger partial charge < -0.3 is 10.2 Å². The first-order chi connectivity index (χ1) is 8.84. The predicted molar refractivity (Wildman–Crippen MR) is 77.1 cm³/mol. The molecule has 2 N–H and O–H groups in total. The predicted octanol–water partition coefficient (Wildman–Crippen LogP) is 3.19. The molecule has 0 spiro atoms. The Labute approximate surface area is 120 Å². The molecule has 19 heavy (non-hydrogen) atoms. The highest BCUT2D eigenvalue weighted by Crippen LogP contribution is 2.35. The number of aromatic hydroxyl groups is 1. The van der Waals surface area contributed by atoms with E-state index in [0.29, 0.717) is 11.3 Å². The van der Waals surface area contributed by atoms with Gasteiger partial charge in [0.1, 0.15) is 11.4 Å². The van der Waals surface area contributed by atoms with Crippen molar-refractivity contribution in [3.63, 3.8) is 0 Å². The SMILES string of the molecule is CC(C)n1ncc(Br)c1C(C)(O)c1ccc(O)cc1. The fraction of sp³-hybridized carbons (Fsp3) is 0.357. The lowest BCUT2D eigenvalue weighted by molar-refractivity contribution is 0.0892. The number of hydrogen-bond acceptors (Lipinski definition) is 3. The molecule has 0 aliphatic rings. The van der Waals surface area contributed by atoms with Gasteiger partial charge in [0.2, 0.25) is 0 Å². The van der Waals surface area contributed by atoms with Crippen LogP contribution < -0.4 is 0 Å². The maximum Gasteiger partial charge on any atom is 0.129 e. The van der Waals surface area contributed by atoms with Crippen LogP contribution in [0.1, 0.15) is 38.1 Å². The van der Waals surface area contributed by atoms with Gasteiger partial charge in [0.25, 0.3) is 0 Å². The Bertz CT molecular complexity index is 574. The normalized spacial score (nSPS) is 14.6. The summed E-state index contributed by atoms with van der Waals surface area (Å²) in [5, 5.41) is 24.5. The first kappa shape index (κ1) is 14.1. The minimum atomic E-state index is -1.19. The maximum atomic E-state index is 10.9. The zero-order valence-corrected chi connectivity index (χ0v) is 12.7. The quantitative estimate of drug-likeness (QED) is 0.911. The van der Waals surface area contributed by atoms with Crippen LogP contribution in [0.4, 0.5) is 0 Å². The molecule has 0 aliphatic carbocycles. The van der Waals surface area contributed by atoms with Crippen molar-refractivity contribution >= 4 is 15.9 Å². The van der Waals surface area contributed by atoms with Gasteiger partial charge in [0.05, 0.1) is 16.4 Å². The van der Waals surface area contributed by atoms with Gasteiger partial charge in [-0.2, -0.15) is 5.10 Å². The Morgan fingerprint density at radius 3 is 2.37 bits per heavy atom. The summed E-state index contributed by atoms with van der Waals surface area (Å²) >= 11 is 3.44. The largest absolute Gasteiger partial charge is 0.508 e. The average molecular weight is 325 g/mol. The second-order valence-electron chi connectivity index (χ2n) is 5.00. The van der Waals surface area contributed by atoms with Gasteiger partial charge in [0.15, 0.2) is 0 Å². The number of aromatic nitrogens is 2. The Hall–Kier alpha value is -1.33. The minimum Gasteiger partial charge on any atom is -0.508 e. The molecule has 1 aromatic carbocycles. The van der Waals surface area contributed by atoms with Crippen LogP contribution in [0.3, 0.4) is 0 Å². The van der Waals surface area contributed by atoms with Crippen molar-refractivity contribution in [3.8, 4) is 5.75 Å². The van der Waals surface area contributed by atoms with Crippen LogP contribution in [-0.4, -0.2) is 20.0 Å². The number of halogens is 1. The third kappa shape index (κ3) is 2.53. The van der Waals surface area contributed by atoms with Gasteiger partial charge in [-0.15, -0.1) is 0 Å². The molecule has 1 unspecified atom stereocenters. The number of nitrogens with zero attached hydrogens (tertiary/aromatic N) is 2. The number of aliphatic hydroxyl groups is 1. The van der Waals surface area contributed by atoms with Gasteiger partial charge in [-0.05, 0) is 54.4 Å². The third-order valence-corrected chi connectivity index (χ3v) is 3.71. The molecule has 0 saturated heterocycles. The zero-order chi connectivity index (χ0) is 14.2. The van der Waals surface area contributed by atoms with Gasteiger partial charge in [0, 0.05) is 6.04 Å². The van der Waals surface area contributed by atoms with E-state index in [0.717, 1.165) is 4.47 Å². The number of hydrogen-bond donors (Lipinski definition) is 2. The average Bonchev–Trinajstić information content (AvgIpc) is 2.72. The Kier molecular flexibility index (Phi) is 3.69. The smallest absolute Gasteiger partial charge is 0.129 e. The van der Waals surface area contributed by atoms with Crippen LogP contribution in [0.5, 0.6) is 5.75 Å². The van der Waals surface area contributed by atoms with Crippen LogP contribution in [-0.2, 0) is 5.60 Å². The topological polar surface area (TPSA) is 58.3 Å². The highest BCUT2D eigenvalue weighted by molar-refractivity contribution is 9.10. The van der Waals surface area contributed by atoms with E-state index in [1.165, 1.54) is 0 Å². The highest BCUT2D eigenvalue weighted by atomic mass is 79.9. The Balaban J connectivity index is 2.55. The van der Waals surface area contributed by atoms with E-state index in [-0.39, 0.29) is 11.8 Å². The standard InChI is InChI=1S/C14H17BrN2O2/c1-9(2)17-13(12(15)8-16-17)14(3,19)10-4-6-11(18)7-5-10/h4-9,18-19H,1-3H3. The summed E-state index contributed by atoms with van der Waals surface area (Å²) in [5.74, 6) is 0.177. The molecule has 1 aromatic heterocycles. The summed E-state index contributed by atoms with van der Waals surface area (Å²) in [7, 11) is 0. The lowest BCUT2D eigenvalue weighted by atomic mass is 9.92. The van der Waals surface area contributed by atoms with E-state index in [2.05, 4.69) is 21.0 Å². The molecule has 4 nitrogen and oxygen atoms in total. The molecule has 2 aromatic rings. The molecule has 0 fully saturated rings. The van der Waals surface area contributed by atoms with Crippen molar-refractivity contribution in [1.82, 2.24) is 9.78 Å². The molecule has 0 amide bonds. The molecular weight excluding hydrogens is 308 g/mol. The number of rotatable bonds is 3. The fourth-order valence-corrected chi connectivity index (χ4v) is 2.77. The molecule has 2 rings (SSSR count). The van der Waals surface area contributed by atoms with Crippen molar-refractivity contribution in [1.29, 1.82) is 0 Å². The summed E-state index contributed by atoms with van der Waals surface area (Å²) in [5.41, 5.74) is 0.217. The molecule has 5 heteroatoms. The second kappa shape index (κ2) is 4.98. The number of phenolic OH excluding ortho intramolecular Hbond substituents is 1. The van der Waals surface area contributed by atoms with Crippen LogP contribution >= 0.6 is 15.9 Å². The maximum absolute atomic E-state index is 10.9. The van der Waals surface area contributed by atoms with E-state index in [1.54, 1.807) is 42.1 Å². The van der Waals surface area contributed by atoms with Gasteiger partial charge >= 0.3 is 0 Å². The molecule has 1 heterocycles. The molecular formula is C14H17BrN2O2. The van der Waals surface area contributed by atoms with Crippen molar-refractivity contribution in [2.75, 3.05) is 0 Å². The fourth-order valence-electron chi connectivity index (χ4n) is 2.11. The number of benzene rings is 1. The summed E-state index contributed by atoms with van der Waals surface area (Å²) in [4.78, 5) is 0. The van der Waals surface area contributed by atoms with E-state index in [1.807, 2.05) is 13.8 Å². The monoisotopic (exact) mass is 324 g/mol. The highest BCUT2D eigenvalue weighted by Gasteiger charge is 2.32. The summed E-state index contributed by atoms with van der Waals surface area (Å²) < 4.78 is 2.55. The van der Waals surface area contributed by atoms with Crippen LogP contribution in [0.15, 0.2) is 34.9 Å². The van der Waals surface area contributed by atoms with Gasteiger partial charge in [-0.3, -0.25) is 4.68 Å². The Morgan fingerprint density at radius 2 is 1.84 bits per heavy atom. The lowest BCUT2D eigenvalue weighted by Gasteiger charge is -2.27. The van der Waals surface area contributed by atoms with Crippen LogP contribution in [0, 0.1) is 0 Å². The third-order valence-electron chi connectivity index (χ3n) is 3.13. The molecule has 1 atom stereocenters. The molecule has 0 saturated carbocycles. The Morgan fingerprint density at radius 1 is 1.26 bits per heavy atom. The summed E-state index contributed by atoms with van der Waals surface area (Å²) in [6.07, 6.45) is 1.68. The second-order valence-corrected chi connectivity index (χ2v) is 5.85. The van der Waals surface area contributed by atoms with Gasteiger partial charge in [-0.1, -0.05) is 12.1 Å². The molecule has 102 valence electrons. The summed E-state index contributed by atoms with van der Waals surface area (Å²) in [6.45, 7) is 5.74. The minimum absolute atomic E-state index is 0.143. The molecule has 0 aliphatic heterocycles.